The van der Waals surface area contributed by atoms with E-state index in [9.17, 15) is 10.4 Å². The predicted octanol–water partition coefficient (Wildman–Crippen LogP) is 0.212. The van der Waals surface area contributed by atoms with Crippen LogP contribution in [0.15, 0.2) is 0 Å². The summed E-state index contributed by atoms with van der Waals surface area (Å²) in [5.74, 6) is 0.796. The monoisotopic (exact) mass is 260 g/mol. The van der Waals surface area contributed by atoms with Gasteiger partial charge in [0.05, 0.1) is 25.1 Å². The molecule has 2 rings (SSSR count). The lowest BCUT2D eigenvalue weighted by Gasteiger charge is -2.30. The van der Waals surface area contributed by atoms with E-state index >= 15 is 0 Å². The molecule has 1 aromatic rings. The van der Waals surface area contributed by atoms with Gasteiger partial charge in [0.15, 0.2) is 5.82 Å². The summed E-state index contributed by atoms with van der Waals surface area (Å²) in [4.78, 5) is 1.88. The molecule has 0 aromatic carbocycles. The number of hydrogen-bond acceptors (Lipinski definition) is 6. The molecule has 2 heterocycles. The smallest absolute Gasteiger partial charge is 0.171 e. The van der Waals surface area contributed by atoms with E-state index in [-0.39, 0.29) is 5.82 Å². The van der Waals surface area contributed by atoms with Gasteiger partial charge in [-0.1, -0.05) is 0 Å². The Morgan fingerprint density at radius 1 is 1.47 bits per heavy atom. The van der Waals surface area contributed by atoms with Crippen LogP contribution >= 0.6 is 0 Å². The van der Waals surface area contributed by atoms with Gasteiger partial charge in [0.1, 0.15) is 17.5 Å². The fourth-order valence-electron chi connectivity index (χ4n) is 2.26. The highest BCUT2D eigenvalue weighted by atomic mass is 16.3. The van der Waals surface area contributed by atoms with Crippen molar-refractivity contribution in [3.8, 4) is 12.1 Å². The third kappa shape index (κ3) is 2.61. The zero-order chi connectivity index (χ0) is 13.8. The average Bonchev–Trinajstić information content (AvgIpc) is 2.73. The van der Waals surface area contributed by atoms with Crippen molar-refractivity contribution in [1.29, 1.82) is 10.5 Å². The van der Waals surface area contributed by atoms with E-state index in [1.807, 2.05) is 11.0 Å². The Hall–Kier alpha value is -2.25. The SMILES string of the molecule is N#CCCn1nc(N2CCCC(O)C2)c(C#N)c1N. The van der Waals surface area contributed by atoms with Crippen molar-refractivity contribution in [3.63, 3.8) is 0 Å². The zero-order valence-corrected chi connectivity index (χ0v) is 10.6. The van der Waals surface area contributed by atoms with Gasteiger partial charge in [0.2, 0.25) is 0 Å². The molecule has 0 amide bonds. The summed E-state index contributed by atoms with van der Waals surface area (Å²) in [5, 5.41) is 31.8. The molecule has 100 valence electrons. The van der Waals surface area contributed by atoms with Crippen LogP contribution in [-0.4, -0.2) is 34.1 Å². The topological polar surface area (TPSA) is 115 Å². The van der Waals surface area contributed by atoms with E-state index < -0.39 is 6.10 Å². The second-order valence-corrected chi connectivity index (χ2v) is 4.57. The van der Waals surface area contributed by atoms with Crippen molar-refractivity contribution in [2.75, 3.05) is 23.7 Å². The first kappa shape index (κ1) is 13.2. The molecule has 7 nitrogen and oxygen atoms in total. The first-order valence-corrected chi connectivity index (χ1v) is 6.23. The molecular formula is C12H16N6O. The molecule has 19 heavy (non-hydrogen) atoms. The Kier molecular flexibility index (Phi) is 3.88. The summed E-state index contributed by atoms with van der Waals surface area (Å²) < 4.78 is 1.48. The second kappa shape index (κ2) is 5.59. The molecule has 0 bridgehead atoms. The number of hydrogen-bond donors (Lipinski definition) is 2. The van der Waals surface area contributed by atoms with Gasteiger partial charge in [-0.3, -0.25) is 0 Å². The number of anilines is 2. The molecule has 1 aliphatic rings. The fourth-order valence-corrected chi connectivity index (χ4v) is 2.26. The van der Waals surface area contributed by atoms with Crippen molar-refractivity contribution in [3.05, 3.63) is 5.56 Å². The van der Waals surface area contributed by atoms with E-state index in [2.05, 4.69) is 11.2 Å². The third-order valence-corrected chi connectivity index (χ3v) is 3.22. The lowest BCUT2D eigenvalue weighted by molar-refractivity contribution is 0.154. The number of β-amino-alcohol motifs (C(OH)–C–C–N with tert-alkyl or cyclic N) is 1. The number of rotatable bonds is 3. The third-order valence-electron chi connectivity index (χ3n) is 3.22. The number of nitriles is 2. The van der Waals surface area contributed by atoms with Crippen molar-refractivity contribution < 1.29 is 5.11 Å². The van der Waals surface area contributed by atoms with Gasteiger partial charge in [0, 0.05) is 13.1 Å². The minimum absolute atomic E-state index is 0.285. The summed E-state index contributed by atoms with van der Waals surface area (Å²) >= 11 is 0. The van der Waals surface area contributed by atoms with Crippen molar-refractivity contribution in [2.45, 2.75) is 31.9 Å². The van der Waals surface area contributed by atoms with Crippen LogP contribution in [0.2, 0.25) is 0 Å². The highest BCUT2D eigenvalue weighted by Gasteiger charge is 2.25. The molecule has 1 saturated heterocycles. The van der Waals surface area contributed by atoms with Crippen LogP contribution in [0.25, 0.3) is 0 Å². The molecule has 0 saturated carbocycles. The summed E-state index contributed by atoms with van der Waals surface area (Å²) in [6.07, 6.45) is 1.52. The summed E-state index contributed by atoms with van der Waals surface area (Å²) in [6.45, 7) is 1.58. The maximum atomic E-state index is 9.69. The molecule has 1 atom stereocenters. The molecular weight excluding hydrogens is 244 g/mol. The standard InChI is InChI=1S/C12H16N6O/c13-4-2-6-18-11(15)10(7-14)12(16-18)17-5-1-3-9(19)8-17/h9,19H,1-3,5-6,8,15H2. The van der Waals surface area contributed by atoms with Crippen LogP contribution in [-0.2, 0) is 6.54 Å². The van der Waals surface area contributed by atoms with E-state index in [1.165, 1.54) is 4.68 Å². The van der Waals surface area contributed by atoms with Crippen LogP contribution in [0.4, 0.5) is 11.6 Å². The van der Waals surface area contributed by atoms with Crippen molar-refractivity contribution >= 4 is 11.6 Å². The minimum atomic E-state index is -0.397. The van der Waals surface area contributed by atoms with Crippen LogP contribution in [0, 0.1) is 22.7 Å². The summed E-state index contributed by atoms with van der Waals surface area (Å²) in [6, 6.07) is 4.08. The fraction of sp³-hybridized carbons (Fsp3) is 0.583. The van der Waals surface area contributed by atoms with E-state index in [0.29, 0.717) is 30.9 Å². The molecule has 0 aliphatic carbocycles. The maximum Gasteiger partial charge on any atom is 0.171 e. The number of aliphatic hydroxyl groups is 1. The number of aryl methyl sites for hydroxylation is 1. The summed E-state index contributed by atoms with van der Waals surface area (Å²) in [5.41, 5.74) is 6.20. The molecule has 3 N–H and O–H groups in total. The van der Waals surface area contributed by atoms with Crippen LogP contribution in [0.3, 0.4) is 0 Å². The Bertz CT molecular complexity index is 538. The van der Waals surface area contributed by atoms with Gasteiger partial charge in [-0.2, -0.15) is 15.6 Å². The number of nitrogens with zero attached hydrogens (tertiary/aromatic N) is 5. The maximum absolute atomic E-state index is 9.69. The van der Waals surface area contributed by atoms with Crippen LogP contribution in [0.1, 0.15) is 24.8 Å². The van der Waals surface area contributed by atoms with Gasteiger partial charge < -0.3 is 15.7 Å². The lowest BCUT2D eigenvalue weighted by atomic mass is 10.1. The number of nitrogen functional groups attached to an aromatic ring is 1. The molecule has 1 aromatic heterocycles. The van der Waals surface area contributed by atoms with Gasteiger partial charge in [-0.15, -0.1) is 0 Å². The number of aromatic nitrogens is 2. The highest BCUT2D eigenvalue weighted by molar-refractivity contribution is 5.65. The minimum Gasteiger partial charge on any atom is -0.391 e. The van der Waals surface area contributed by atoms with Gasteiger partial charge in [-0.05, 0) is 12.8 Å². The van der Waals surface area contributed by atoms with Crippen molar-refractivity contribution in [1.82, 2.24) is 9.78 Å². The molecule has 0 spiro atoms. The quantitative estimate of drug-likeness (QED) is 0.802. The first-order valence-electron chi connectivity index (χ1n) is 6.23. The van der Waals surface area contributed by atoms with E-state index in [0.717, 1.165) is 19.4 Å². The molecule has 1 fully saturated rings. The average molecular weight is 260 g/mol. The largest absolute Gasteiger partial charge is 0.391 e. The van der Waals surface area contributed by atoms with E-state index in [4.69, 9.17) is 11.0 Å². The van der Waals surface area contributed by atoms with E-state index in [1.54, 1.807) is 0 Å². The Balaban J connectivity index is 2.29. The number of aliphatic hydroxyl groups excluding tert-OH is 1. The molecule has 1 aliphatic heterocycles. The molecule has 1 unspecified atom stereocenters. The predicted molar refractivity (Wildman–Crippen MR) is 69.0 cm³/mol. The molecule has 0 radical (unpaired) electrons. The number of piperidine rings is 1. The van der Waals surface area contributed by atoms with Crippen molar-refractivity contribution in [2.24, 2.45) is 0 Å². The normalized spacial score (nSPS) is 18.9. The van der Waals surface area contributed by atoms with Crippen LogP contribution in [0.5, 0.6) is 0 Å². The van der Waals surface area contributed by atoms with Gasteiger partial charge in [-0.25, -0.2) is 4.68 Å². The Labute approximate surface area is 111 Å². The van der Waals surface area contributed by atoms with Gasteiger partial charge >= 0.3 is 0 Å². The lowest BCUT2D eigenvalue weighted by Crippen LogP contribution is -2.38. The first-order chi connectivity index (χ1) is 9.17. The second-order valence-electron chi connectivity index (χ2n) is 4.57. The Morgan fingerprint density at radius 2 is 2.26 bits per heavy atom. The van der Waals surface area contributed by atoms with Gasteiger partial charge in [0.25, 0.3) is 0 Å². The zero-order valence-electron chi connectivity index (χ0n) is 10.6. The summed E-state index contributed by atoms with van der Waals surface area (Å²) in [7, 11) is 0. The highest BCUT2D eigenvalue weighted by Crippen LogP contribution is 2.27. The van der Waals surface area contributed by atoms with Crippen LogP contribution < -0.4 is 10.6 Å². The molecule has 7 heteroatoms. The number of nitrogens with two attached hydrogens (primary N) is 1. The Morgan fingerprint density at radius 3 is 2.89 bits per heavy atom.